The molecule has 2 unspecified atom stereocenters. The van der Waals surface area contributed by atoms with Crippen molar-refractivity contribution in [1.82, 2.24) is 5.32 Å². The van der Waals surface area contributed by atoms with Gasteiger partial charge in [-0.05, 0) is 24.9 Å². The van der Waals surface area contributed by atoms with Crippen molar-refractivity contribution in [2.45, 2.75) is 25.3 Å². The van der Waals surface area contributed by atoms with Gasteiger partial charge in [0.1, 0.15) is 0 Å². The molecular formula is C12H16N2. The molecule has 0 radical (unpaired) electrons. The monoisotopic (exact) mass is 188 g/mol. The minimum absolute atomic E-state index is 0.0507. The van der Waals surface area contributed by atoms with E-state index in [1.807, 2.05) is 25.2 Å². The predicted molar refractivity (Wildman–Crippen MR) is 57.9 cm³/mol. The van der Waals surface area contributed by atoms with Crippen molar-refractivity contribution >= 4 is 0 Å². The van der Waals surface area contributed by atoms with Gasteiger partial charge >= 0.3 is 0 Å². The molecule has 74 valence electrons. The zero-order chi connectivity index (χ0) is 10.4. The summed E-state index contributed by atoms with van der Waals surface area (Å²) in [5.74, 6) is 0.424. The number of benzene rings is 1. The maximum atomic E-state index is 8.81. The van der Waals surface area contributed by atoms with Crippen molar-refractivity contribution in [2.24, 2.45) is 0 Å². The Morgan fingerprint density at radius 1 is 1.36 bits per heavy atom. The smallest absolute Gasteiger partial charge is 0.0956 e. The molecule has 0 bridgehead atoms. The fraction of sp³-hybridized carbons (Fsp3) is 0.417. The highest BCUT2D eigenvalue weighted by molar-refractivity contribution is 5.19. The molecule has 2 nitrogen and oxygen atoms in total. The van der Waals surface area contributed by atoms with Gasteiger partial charge in [0.15, 0.2) is 0 Å². The van der Waals surface area contributed by atoms with E-state index in [4.69, 9.17) is 5.26 Å². The first kappa shape index (κ1) is 10.7. The summed E-state index contributed by atoms with van der Waals surface area (Å²) in [6.45, 7) is 2.15. The molecule has 2 atom stereocenters. The molecule has 0 saturated heterocycles. The van der Waals surface area contributed by atoms with Gasteiger partial charge in [-0.2, -0.15) is 5.26 Å². The lowest BCUT2D eigenvalue weighted by Crippen LogP contribution is -2.24. The average Bonchev–Trinajstić information content (AvgIpc) is 2.26. The fourth-order valence-electron chi connectivity index (χ4n) is 1.51. The fourth-order valence-corrected chi connectivity index (χ4v) is 1.51. The molecule has 0 fully saturated rings. The van der Waals surface area contributed by atoms with E-state index in [1.54, 1.807) is 0 Å². The van der Waals surface area contributed by atoms with Gasteiger partial charge in [0.25, 0.3) is 0 Å². The molecule has 0 spiro atoms. The first-order valence-electron chi connectivity index (χ1n) is 4.89. The summed E-state index contributed by atoms with van der Waals surface area (Å²) < 4.78 is 0. The van der Waals surface area contributed by atoms with Gasteiger partial charge in [-0.3, -0.25) is 0 Å². The number of hydrogen-bond acceptors (Lipinski definition) is 2. The standard InChI is InChI=1S/C12H16N2/c1-10(8-12(9-13)14-2)11-6-4-3-5-7-11/h3-7,10,12,14H,8H2,1-2H3. The first-order valence-corrected chi connectivity index (χ1v) is 4.89. The van der Waals surface area contributed by atoms with E-state index in [-0.39, 0.29) is 6.04 Å². The van der Waals surface area contributed by atoms with Crippen LogP contribution in [0.1, 0.15) is 24.8 Å². The summed E-state index contributed by atoms with van der Waals surface area (Å²) in [4.78, 5) is 0. The largest absolute Gasteiger partial charge is 0.305 e. The summed E-state index contributed by atoms with van der Waals surface area (Å²) in [6, 6.07) is 12.5. The molecule has 1 aromatic carbocycles. The van der Waals surface area contributed by atoms with Crippen molar-refractivity contribution < 1.29 is 0 Å². The van der Waals surface area contributed by atoms with Crippen LogP contribution in [0.5, 0.6) is 0 Å². The second kappa shape index (κ2) is 5.41. The van der Waals surface area contributed by atoms with E-state index >= 15 is 0 Å². The SMILES string of the molecule is CNC(C#N)CC(C)c1ccccc1. The van der Waals surface area contributed by atoms with Crippen molar-refractivity contribution in [1.29, 1.82) is 5.26 Å². The van der Waals surface area contributed by atoms with E-state index in [0.717, 1.165) is 6.42 Å². The summed E-state index contributed by atoms with van der Waals surface area (Å²) >= 11 is 0. The third-order valence-corrected chi connectivity index (χ3v) is 2.46. The molecule has 1 N–H and O–H groups in total. The quantitative estimate of drug-likeness (QED) is 0.787. The highest BCUT2D eigenvalue weighted by Gasteiger charge is 2.11. The second-order valence-electron chi connectivity index (χ2n) is 3.52. The van der Waals surface area contributed by atoms with Gasteiger partial charge in [-0.15, -0.1) is 0 Å². The minimum atomic E-state index is -0.0507. The molecule has 0 aromatic heterocycles. The van der Waals surface area contributed by atoms with Crippen molar-refractivity contribution in [3.63, 3.8) is 0 Å². The topological polar surface area (TPSA) is 35.8 Å². The normalized spacial score (nSPS) is 14.4. The van der Waals surface area contributed by atoms with Crippen LogP contribution in [0.3, 0.4) is 0 Å². The lowest BCUT2D eigenvalue weighted by atomic mass is 9.94. The van der Waals surface area contributed by atoms with Crippen LogP contribution in [0.2, 0.25) is 0 Å². The van der Waals surface area contributed by atoms with Crippen molar-refractivity contribution in [2.75, 3.05) is 7.05 Å². The minimum Gasteiger partial charge on any atom is -0.305 e. The summed E-state index contributed by atoms with van der Waals surface area (Å²) in [5.41, 5.74) is 1.29. The van der Waals surface area contributed by atoms with Crippen LogP contribution < -0.4 is 5.32 Å². The second-order valence-corrected chi connectivity index (χ2v) is 3.52. The Bertz CT molecular complexity index is 300. The molecule has 0 aliphatic carbocycles. The van der Waals surface area contributed by atoms with Crippen LogP contribution >= 0.6 is 0 Å². The Kier molecular flexibility index (Phi) is 4.15. The van der Waals surface area contributed by atoms with Gasteiger partial charge in [-0.1, -0.05) is 37.3 Å². The summed E-state index contributed by atoms with van der Waals surface area (Å²) in [6.07, 6.45) is 0.858. The molecular weight excluding hydrogens is 172 g/mol. The number of nitriles is 1. The van der Waals surface area contributed by atoms with Crippen LogP contribution in [0.4, 0.5) is 0 Å². The molecule has 2 heteroatoms. The highest BCUT2D eigenvalue weighted by atomic mass is 14.9. The zero-order valence-corrected chi connectivity index (χ0v) is 8.70. The Balaban J connectivity index is 2.59. The van der Waals surface area contributed by atoms with E-state index < -0.39 is 0 Å². The van der Waals surface area contributed by atoms with Gasteiger partial charge in [0, 0.05) is 0 Å². The molecule has 0 aliphatic rings. The third kappa shape index (κ3) is 2.86. The van der Waals surface area contributed by atoms with Gasteiger partial charge in [0.05, 0.1) is 12.1 Å². The molecule has 1 rings (SSSR count). The summed E-state index contributed by atoms with van der Waals surface area (Å²) in [7, 11) is 1.82. The van der Waals surface area contributed by atoms with Crippen molar-refractivity contribution in [3.8, 4) is 6.07 Å². The zero-order valence-electron chi connectivity index (χ0n) is 8.70. The van der Waals surface area contributed by atoms with E-state index in [0.29, 0.717) is 5.92 Å². The van der Waals surface area contributed by atoms with E-state index in [9.17, 15) is 0 Å². The first-order chi connectivity index (χ1) is 6.77. The Labute approximate surface area is 85.6 Å². The molecule has 0 heterocycles. The molecule has 0 saturated carbocycles. The van der Waals surface area contributed by atoms with Crippen LogP contribution in [-0.4, -0.2) is 13.1 Å². The Morgan fingerprint density at radius 3 is 2.50 bits per heavy atom. The lowest BCUT2D eigenvalue weighted by Gasteiger charge is -2.14. The van der Waals surface area contributed by atoms with Gasteiger partial charge in [-0.25, -0.2) is 0 Å². The van der Waals surface area contributed by atoms with Gasteiger partial charge < -0.3 is 5.32 Å². The maximum absolute atomic E-state index is 8.81. The van der Waals surface area contributed by atoms with Crippen LogP contribution in [0.15, 0.2) is 30.3 Å². The van der Waals surface area contributed by atoms with E-state index in [1.165, 1.54) is 5.56 Å². The van der Waals surface area contributed by atoms with E-state index in [2.05, 4.69) is 30.4 Å². The number of rotatable bonds is 4. The predicted octanol–water partition coefficient (Wildman–Crippen LogP) is 2.29. The van der Waals surface area contributed by atoms with Crippen LogP contribution in [0, 0.1) is 11.3 Å². The third-order valence-electron chi connectivity index (χ3n) is 2.46. The lowest BCUT2D eigenvalue weighted by molar-refractivity contribution is 0.562. The average molecular weight is 188 g/mol. The van der Waals surface area contributed by atoms with Crippen LogP contribution in [0.25, 0.3) is 0 Å². The Morgan fingerprint density at radius 2 is 2.00 bits per heavy atom. The number of hydrogen-bond donors (Lipinski definition) is 1. The van der Waals surface area contributed by atoms with Crippen molar-refractivity contribution in [3.05, 3.63) is 35.9 Å². The van der Waals surface area contributed by atoms with Gasteiger partial charge in [0.2, 0.25) is 0 Å². The summed E-state index contributed by atoms with van der Waals surface area (Å²) in [5, 5.41) is 11.8. The molecule has 14 heavy (non-hydrogen) atoms. The Hall–Kier alpha value is -1.33. The molecule has 1 aromatic rings. The van der Waals surface area contributed by atoms with Crippen LogP contribution in [-0.2, 0) is 0 Å². The maximum Gasteiger partial charge on any atom is 0.0956 e. The number of nitrogens with one attached hydrogen (secondary N) is 1. The molecule has 0 aliphatic heterocycles. The number of nitrogens with zero attached hydrogens (tertiary/aromatic N) is 1. The molecule has 0 amide bonds. The highest BCUT2D eigenvalue weighted by Crippen LogP contribution is 2.19.